The minimum Gasteiger partial charge on any atom is -0.299 e. The summed E-state index contributed by atoms with van der Waals surface area (Å²) in [4.78, 5) is 12.4. The predicted molar refractivity (Wildman–Crippen MR) is 130 cm³/mol. The molecule has 4 rings (SSSR count). The summed E-state index contributed by atoms with van der Waals surface area (Å²) in [5.41, 5.74) is 2.24. The molecule has 1 fully saturated rings. The van der Waals surface area contributed by atoms with E-state index in [1.807, 2.05) is 12.1 Å². The second kappa shape index (κ2) is 11.3. The maximum atomic E-state index is 13.1. The van der Waals surface area contributed by atoms with Crippen LogP contribution in [0.15, 0.2) is 58.8 Å². The first-order chi connectivity index (χ1) is 16.8. The largest absolute Gasteiger partial charge is 0.417 e. The molecule has 1 aromatic heterocycles. The van der Waals surface area contributed by atoms with Crippen LogP contribution in [-0.2, 0) is 11.0 Å². The first-order valence-electron chi connectivity index (χ1n) is 11.1. The third kappa shape index (κ3) is 6.43. The molecule has 1 heterocycles. The topological polar surface area (TPSA) is 72.2 Å². The van der Waals surface area contributed by atoms with Crippen LogP contribution in [-0.4, -0.2) is 32.6 Å². The number of hydrazone groups is 1. The number of rotatable bonds is 7. The monoisotopic (exact) mass is 521 g/mol. The Kier molecular flexibility index (Phi) is 8.12. The van der Waals surface area contributed by atoms with Crippen LogP contribution in [0.1, 0.15) is 49.3 Å². The first-order valence-corrected chi connectivity index (χ1v) is 12.5. The van der Waals surface area contributed by atoms with Crippen LogP contribution < -0.4 is 5.43 Å². The van der Waals surface area contributed by atoms with Crippen molar-refractivity contribution in [1.82, 2.24) is 20.2 Å². The van der Waals surface area contributed by atoms with Crippen LogP contribution >= 0.6 is 23.4 Å². The van der Waals surface area contributed by atoms with Crippen LogP contribution in [0.4, 0.5) is 13.2 Å². The van der Waals surface area contributed by atoms with Gasteiger partial charge in [0.25, 0.3) is 5.91 Å². The lowest BCUT2D eigenvalue weighted by atomic mass is 9.95. The number of aromatic nitrogens is 3. The fourth-order valence-corrected chi connectivity index (χ4v) is 4.97. The minimum atomic E-state index is -4.51. The highest BCUT2D eigenvalue weighted by Gasteiger charge is 2.32. The quantitative estimate of drug-likeness (QED) is 0.223. The number of carbonyl (C=O) groups excluding carboxylic acids is 1. The lowest BCUT2D eigenvalue weighted by molar-refractivity contribution is -0.137. The normalized spacial score (nSPS) is 15.0. The Bertz CT molecular complexity index is 1190. The number of carbonyl (C=O) groups is 1. The van der Waals surface area contributed by atoms with Crippen LogP contribution in [0, 0.1) is 0 Å². The summed E-state index contributed by atoms with van der Waals surface area (Å²) in [6.07, 6.45) is 1.91. The molecular formula is C24H23ClF3N5OS. The molecule has 1 N–H and O–H groups in total. The highest BCUT2D eigenvalue weighted by atomic mass is 35.5. The van der Waals surface area contributed by atoms with Gasteiger partial charge < -0.3 is 0 Å². The molecule has 0 unspecified atom stereocenters. The summed E-state index contributed by atoms with van der Waals surface area (Å²) in [6.45, 7) is 0. The Balaban J connectivity index is 1.45. The van der Waals surface area contributed by atoms with Crippen molar-refractivity contribution in [3.63, 3.8) is 0 Å². The molecule has 0 bridgehead atoms. The van der Waals surface area contributed by atoms with E-state index in [9.17, 15) is 18.0 Å². The third-order valence-corrected chi connectivity index (χ3v) is 6.89. The van der Waals surface area contributed by atoms with Crippen molar-refractivity contribution in [3.05, 3.63) is 64.7 Å². The van der Waals surface area contributed by atoms with E-state index in [0.29, 0.717) is 10.2 Å². The summed E-state index contributed by atoms with van der Waals surface area (Å²) in [7, 11) is 0. The molecule has 2 aromatic carbocycles. The summed E-state index contributed by atoms with van der Waals surface area (Å²) in [5.74, 6) is 0.254. The zero-order valence-electron chi connectivity index (χ0n) is 18.6. The van der Waals surface area contributed by atoms with Gasteiger partial charge in [0.2, 0.25) is 0 Å². The van der Waals surface area contributed by atoms with Gasteiger partial charge in [-0.05, 0) is 43.2 Å². The molecule has 0 aliphatic heterocycles. The van der Waals surface area contributed by atoms with E-state index < -0.39 is 17.6 Å². The van der Waals surface area contributed by atoms with Gasteiger partial charge in [0, 0.05) is 22.2 Å². The van der Waals surface area contributed by atoms with Crippen molar-refractivity contribution in [2.45, 2.75) is 49.5 Å². The van der Waals surface area contributed by atoms with Crippen molar-refractivity contribution in [2.75, 3.05) is 5.75 Å². The molecule has 1 aliphatic rings. The first kappa shape index (κ1) is 25.2. The maximum absolute atomic E-state index is 13.1. The maximum Gasteiger partial charge on any atom is 0.417 e. The second-order valence-corrected chi connectivity index (χ2v) is 9.52. The zero-order chi connectivity index (χ0) is 24.8. The molecule has 1 amide bonds. The van der Waals surface area contributed by atoms with Gasteiger partial charge >= 0.3 is 6.18 Å². The predicted octanol–water partition coefficient (Wildman–Crippen LogP) is 6.36. The van der Waals surface area contributed by atoms with Crippen molar-refractivity contribution in [3.8, 4) is 11.4 Å². The molecule has 3 aromatic rings. The summed E-state index contributed by atoms with van der Waals surface area (Å²) in [5, 5.41) is 13.7. The van der Waals surface area contributed by atoms with E-state index >= 15 is 0 Å². The van der Waals surface area contributed by atoms with Gasteiger partial charge in [-0.3, -0.25) is 9.36 Å². The summed E-state index contributed by atoms with van der Waals surface area (Å²) < 4.78 is 41.4. The van der Waals surface area contributed by atoms with Gasteiger partial charge in [0.1, 0.15) is 0 Å². The van der Waals surface area contributed by atoms with Crippen molar-refractivity contribution in [1.29, 1.82) is 0 Å². The van der Waals surface area contributed by atoms with E-state index in [1.165, 1.54) is 36.4 Å². The summed E-state index contributed by atoms with van der Waals surface area (Å²) in [6, 6.07) is 12.6. The standard InChI is InChI=1S/C24H23ClF3N5OS/c25-18-12-10-16(11-13-18)22-31-32-23(33(22)19-7-2-1-3-8-19)35-15-21(34)30-29-14-17-6-4-5-9-20(17)24(26,27)28/h4-6,9-14,19H,1-3,7-8,15H2,(H,30,34). The van der Waals surface area contributed by atoms with Gasteiger partial charge in [-0.1, -0.05) is 60.8 Å². The number of hydrogen-bond donors (Lipinski definition) is 1. The zero-order valence-corrected chi connectivity index (χ0v) is 20.2. The molecule has 184 valence electrons. The van der Waals surface area contributed by atoms with Gasteiger partial charge in [-0.2, -0.15) is 18.3 Å². The van der Waals surface area contributed by atoms with Gasteiger partial charge in [0.05, 0.1) is 17.5 Å². The molecule has 35 heavy (non-hydrogen) atoms. The highest BCUT2D eigenvalue weighted by Crippen LogP contribution is 2.36. The lowest BCUT2D eigenvalue weighted by Gasteiger charge is -2.25. The number of nitrogens with zero attached hydrogens (tertiary/aromatic N) is 4. The Morgan fingerprint density at radius 1 is 1.11 bits per heavy atom. The SMILES string of the molecule is O=C(CSc1nnc(-c2ccc(Cl)cc2)n1C1CCCCC1)NN=Cc1ccccc1C(F)(F)F. The van der Waals surface area contributed by atoms with Crippen LogP contribution in [0.3, 0.4) is 0 Å². The smallest absolute Gasteiger partial charge is 0.299 e. The fourth-order valence-electron chi connectivity index (χ4n) is 4.04. The molecule has 11 heteroatoms. The molecule has 0 spiro atoms. The molecule has 1 saturated carbocycles. The number of hydrogen-bond acceptors (Lipinski definition) is 5. The van der Waals surface area contributed by atoms with E-state index in [1.54, 1.807) is 12.1 Å². The Labute approximate surface area is 210 Å². The number of halogens is 4. The average molecular weight is 522 g/mol. The van der Waals surface area contributed by atoms with Crippen molar-refractivity contribution >= 4 is 35.5 Å². The van der Waals surface area contributed by atoms with Crippen LogP contribution in [0.25, 0.3) is 11.4 Å². The molecule has 0 radical (unpaired) electrons. The van der Waals surface area contributed by atoms with E-state index in [4.69, 9.17) is 11.6 Å². The Hall–Kier alpha value is -2.85. The molecular weight excluding hydrogens is 499 g/mol. The van der Waals surface area contributed by atoms with E-state index in [-0.39, 0.29) is 17.4 Å². The van der Waals surface area contributed by atoms with Crippen LogP contribution in [0.5, 0.6) is 0 Å². The number of nitrogens with one attached hydrogen (secondary N) is 1. The average Bonchev–Trinajstić information content (AvgIpc) is 3.27. The van der Waals surface area contributed by atoms with Crippen molar-refractivity contribution in [2.24, 2.45) is 5.10 Å². The molecule has 0 saturated heterocycles. The highest BCUT2D eigenvalue weighted by molar-refractivity contribution is 7.99. The molecule has 6 nitrogen and oxygen atoms in total. The Morgan fingerprint density at radius 3 is 2.54 bits per heavy atom. The third-order valence-electron chi connectivity index (χ3n) is 5.70. The second-order valence-electron chi connectivity index (χ2n) is 8.14. The molecule has 0 atom stereocenters. The van der Waals surface area contributed by atoms with Gasteiger partial charge in [-0.25, -0.2) is 5.43 Å². The molecule has 1 aliphatic carbocycles. The fraction of sp³-hybridized carbons (Fsp3) is 0.333. The Morgan fingerprint density at radius 2 is 1.83 bits per heavy atom. The summed E-state index contributed by atoms with van der Waals surface area (Å²) >= 11 is 7.25. The van der Waals surface area contributed by atoms with Gasteiger partial charge in [0.15, 0.2) is 11.0 Å². The number of benzene rings is 2. The van der Waals surface area contributed by atoms with E-state index in [0.717, 1.165) is 49.4 Å². The lowest BCUT2D eigenvalue weighted by Crippen LogP contribution is -2.21. The van der Waals surface area contributed by atoms with Crippen molar-refractivity contribution < 1.29 is 18.0 Å². The number of thioether (sulfide) groups is 1. The number of amides is 1. The number of alkyl halides is 3. The van der Waals surface area contributed by atoms with E-state index in [2.05, 4.69) is 25.3 Å². The van der Waals surface area contributed by atoms with Gasteiger partial charge in [-0.15, -0.1) is 10.2 Å². The minimum absolute atomic E-state index is 0.0102. The van der Waals surface area contributed by atoms with Crippen LogP contribution in [0.2, 0.25) is 5.02 Å².